The summed E-state index contributed by atoms with van der Waals surface area (Å²) in [4.78, 5) is 14.3. The van der Waals surface area contributed by atoms with E-state index in [1.807, 2.05) is 0 Å². The third kappa shape index (κ3) is 5.23. The van der Waals surface area contributed by atoms with E-state index < -0.39 is 0 Å². The fourth-order valence-electron chi connectivity index (χ4n) is 3.34. The van der Waals surface area contributed by atoms with Crippen molar-refractivity contribution in [2.24, 2.45) is 0 Å². The highest BCUT2D eigenvalue weighted by molar-refractivity contribution is 7.99. The van der Waals surface area contributed by atoms with Crippen molar-refractivity contribution in [2.45, 2.75) is 50.7 Å². The van der Waals surface area contributed by atoms with Crippen LogP contribution in [0, 0.1) is 0 Å². The summed E-state index contributed by atoms with van der Waals surface area (Å²) in [5, 5.41) is 12.5. The average Bonchev–Trinajstić information content (AvgIpc) is 3.11. The van der Waals surface area contributed by atoms with Crippen molar-refractivity contribution in [2.75, 3.05) is 43.5 Å². The monoisotopic (exact) mass is 379 g/mol. The fourth-order valence-corrected chi connectivity index (χ4v) is 4.16. The zero-order valence-electron chi connectivity index (χ0n) is 15.6. The van der Waals surface area contributed by atoms with E-state index >= 15 is 0 Å². The Hall–Kier alpha value is -1.54. The van der Waals surface area contributed by atoms with Crippen LogP contribution in [0.1, 0.15) is 39.0 Å². The summed E-state index contributed by atoms with van der Waals surface area (Å²) < 4.78 is 7.48. The Bertz CT molecular complexity index is 625. The van der Waals surface area contributed by atoms with Gasteiger partial charge < -0.3 is 15.0 Å². The molecule has 0 unspecified atom stereocenters. The number of aromatic nitrogens is 3. The molecule has 3 rings (SSSR count). The highest BCUT2D eigenvalue weighted by Crippen LogP contribution is 2.23. The third-order valence-electron chi connectivity index (χ3n) is 4.79. The maximum Gasteiger partial charge on any atom is 0.230 e. The number of morpholine rings is 1. The van der Waals surface area contributed by atoms with Crippen LogP contribution in [0.15, 0.2) is 16.8 Å². The molecule has 0 aromatic carbocycles. The lowest BCUT2D eigenvalue weighted by molar-refractivity contribution is -0.118. The minimum absolute atomic E-state index is 0.0602. The molecule has 0 radical (unpaired) electrons. The van der Waals surface area contributed by atoms with Gasteiger partial charge in [-0.1, -0.05) is 23.4 Å². The second-order valence-electron chi connectivity index (χ2n) is 6.62. The lowest BCUT2D eigenvalue weighted by atomic mass is 9.97. The van der Waals surface area contributed by atoms with Gasteiger partial charge in [-0.25, -0.2) is 0 Å². The van der Waals surface area contributed by atoms with Crippen LogP contribution in [0.2, 0.25) is 0 Å². The molecule has 26 heavy (non-hydrogen) atoms. The summed E-state index contributed by atoms with van der Waals surface area (Å²) in [5.74, 6) is 1.31. The average molecular weight is 380 g/mol. The summed E-state index contributed by atoms with van der Waals surface area (Å²) in [6.45, 7) is 6.70. The van der Waals surface area contributed by atoms with Crippen molar-refractivity contribution in [3.05, 3.63) is 11.6 Å². The molecule has 1 N–H and O–H groups in total. The van der Waals surface area contributed by atoms with Crippen LogP contribution >= 0.6 is 11.8 Å². The Morgan fingerprint density at radius 3 is 2.88 bits per heavy atom. The van der Waals surface area contributed by atoms with Crippen LogP contribution in [0.5, 0.6) is 0 Å². The number of amides is 1. The summed E-state index contributed by atoms with van der Waals surface area (Å²) in [6.07, 6.45) is 8.28. The number of nitrogens with one attached hydrogen (secondary N) is 1. The van der Waals surface area contributed by atoms with Crippen LogP contribution in [0.4, 0.5) is 5.95 Å². The molecule has 0 spiro atoms. The number of nitrogens with zero attached hydrogens (tertiary/aromatic N) is 4. The molecule has 2 aliphatic rings. The summed E-state index contributed by atoms with van der Waals surface area (Å²) >= 11 is 1.46. The Morgan fingerprint density at radius 2 is 2.15 bits per heavy atom. The molecule has 0 bridgehead atoms. The molecule has 144 valence electrons. The lowest BCUT2D eigenvalue weighted by Crippen LogP contribution is -2.38. The first kappa shape index (κ1) is 19.2. The van der Waals surface area contributed by atoms with Gasteiger partial charge in [0.05, 0.1) is 19.0 Å². The summed E-state index contributed by atoms with van der Waals surface area (Å²) in [5.41, 5.74) is 1.49. The number of hydrogen-bond acceptors (Lipinski definition) is 6. The molecule has 1 aliphatic heterocycles. The molecule has 1 aromatic heterocycles. The van der Waals surface area contributed by atoms with E-state index in [9.17, 15) is 4.79 Å². The van der Waals surface area contributed by atoms with Crippen molar-refractivity contribution in [1.29, 1.82) is 0 Å². The molecule has 2 heterocycles. The molecule has 0 saturated carbocycles. The van der Waals surface area contributed by atoms with Crippen LogP contribution in [-0.2, 0) is 16.1 Å². The van der Waals surface area contributed by atoms with Gasteiger partial charge >= 0.3 is 0 Å². The van der Waals surface area contributed by atoms with Crippen molar-refractivity contribution >= 4 is 23.6 Å². The largest absolute Gasteiger partial charge is 0.378 e. The van der Waals surface area contributed by atoms with Crippen LogP contribution < -0.4 is 10.2 Å². The number of anilines is 1. The van der Waals surface area contributed by atoms with Crippen molar-refractivity contribution in [1.82, 2.24) is 20.1 Å². The lowest BCUT2D eigenvalue weighted by Gasteiger charge is -2.27. The van der Waals surface area contributed by atoms with E-state index in [4.69, 9.17) is 4.74 Å². The van der Waals surface area contributed by atoms with E-state index in [2.05, 4.69) is 38.0 Å². The topological polar surface area (TPSA) is 72.3 Å². The Morgan fingerprint density at radius 1 is 1.31 bits per heavy atom. The predicted molar refractivity (Wildman–Crippen MR) is 104 cm³/mol. The summed E-state index contributed by atoms with van der Waals surface area (Å²) in [7, 11) is 0. The maximum atomic E-state index is 12.1. The zero-order valence-corrected chi connectivity index (χ0v) is 16.4. The van der Waals surface area contributed by atoms with Crippen LogP contribution in [-0.4, -0.2) is 59.3 Å². The summed E-state index contributed by atoms with van der Waals surface area (Å²) in [6, 6.07) is 0. The Balaban J connectivity index is 1.45. The highest BCUT2D eigenvalue weighted by Gasteiger charge is 2.20. The minimum Gasteiger partial charge on any atom is -0.378 e. The van der Waals surface area contributed by atoms with Crippen molar-refractivity contribution < 1.29 is 9.53 Å². The quantitative estimate of drug-likeness (QED) is 0.552. The minimum atomic E-state index is 0.0602. The number of ether oxygens (including phenoxy) is 1. The zero-order chi connectivity index (χ0) is 18.2. The Labute approximate surface area is 159 Å². The molecule has 8 heteroatoms. The number of thioether (sulfide) groups is 1. The van der Waals surface area contributed by atoms with Gasteiger partial charge in [-0.15, -0.1) is 10.2 Å². The second-order valence-corrected chi connectivity index (χ2v) is 7.57. The van der Waals surface area contributed by atoms with Crippen molar-refractivity contribution in [3.8, 4) is 0 Å². The van der Waals surface area contributed by atoms with Gasteiger partial charge in [-0.2, -0.15) is 0 Å². The third-order valence-corrected chi connectivity index (χ3v) is 5.76. The number of hydrogen-bond donors (Lipinski definition) is 1. The molecule has 0 atom stereocenters. The molecule has 1 aromatic rings. The highest BCUT2D eigenvalue weighted by atomic mass is 32.2. The molecule has 1 fully saturated rings. The number of carbonyl (C=O) groups is 1. The van der Waals surface area contributed by atoms with Gasteiger partial charge in [0.25, 0.3) is 0 Å². The first-order valence-corrected chi connectivity index (χ1v) is 10.6. The first-order valence-electron chi connectivity index (χ1n) is 9.61. The molecular weight excluding hydrogens is 350 g/mol. The molecular formula is C18H29N5O2S. The van der Waals surface area contributed by atoms with E-state index in [-0.39, 0.29) is 5.91 Å². The SMILES string of the molecule is CCn1c(SCC(=O)NCCC2=CCCCC2)nnc1N1CCOCC1. The molecule has 1 saturated heterocycles. The van der Waals surface area contributed by atoms with Crippen molar-refractivity contribution in [3.63, 3.8) is 0 Å². The van der Waals surface area contributed by atoms with Gasteiger partial charge in [0.1, 0.15) is 0 Å². The second kappa shape index (κ2) is 9.97. The van der Waals surface area contributed by atoms with E-state index in [1.54, 1.807) is 0 Å². The maximum absolute atomic E-state index is 12.1. The van der Waals surface area contributed by atoms with Gasteiger partial charge in [0.15, 0.2) is 5.16 Å². The Kier molecular flexibility index (Phi) is 7.37. The van der Waals surface area contributed by atoms with Crippen LogP contribution in [0.3, 0.4) is 0 Å². The first-order chi connectivity index (χ1) is 12.8. The fraction of sp³-hybridized carbons (Fsp3) is 0.722. The van der Waals surface area contributed by atoms with Gasteiger partial charge in [-0.05, 0) is 39.0 Å². The standard InChI is InChI=1S/C18H29N5O2S/c1-2-23-17(22-10-12-25-13-11-22)20-21-18(23)26-14-16(24)19-9-8-15-6-4-3-5-7-15/h6H,2-5,7-14H2,1H3,(H,19,24). The molecule has 1 amide bonds. The normalized spacial score (nSPS) is 17.9. The molecule has 7 nitrogen and oxygen atoms in total. The number of rotatable bonds is 8. The van der Waals surface area contributed by atoms with E-state index in [0.717, 1.165) is 56.9 Å². The van der Waals surface area contributed by atoms with E-state index in [1.165, 1.54) is 43.0 Å². The molecule has 1 aliphatic carbocycles. The van der Waals surface area contributed by atoms with Gasteiger partial charge in [-0.3, -0.25) is 9.36 Å². The van der Waals surface area contributed by atoms with Crippen LogP contribution in [0.25, 0.3) is 0 Å². The van der Waals surface area contributed by atoms with Gasteiger partial charge in [0.2, 0.25) is 11.9 Å². The number of carbonyl (C=O) groups excluding carboxylic acids is 1. The van der Waals surface area contributed by atoms with Gasteiger partial charge in [0, 0.05) is 26.2 Å². The smallest absolute Gasteiger partial charge is 0.230 e. The number of allylic oxidation sites excluding steroid dienone is 1. The van der Waals surface area contributed by atoms with E-state index in [0.29, 0.717) is 5.75 Å². The predicted octanol–water partition coefficient (Wildman–Crippen LogP) is 2.23.